The van der Waals surface area contributed by atoms with Crippen LogP contribution in [0.1, 0.15) is 0 Å². The molecule has 0 spiro atoms. The van der Waals surface area contributed by atoms with E-state index in [-0.39, 0.29) is 0 Å². The number of anilines is 6. The predicted molar refractivity (Wildman–Crippen MR) is 247 cm³/mol. The van der Waals surface area contributed by atoms with E-state index < -0.39 is 0 Å². The first-order valence-electron chi connectivity index (χ1n) is 19.8. The SMILES string of the molecule is c1ccc(N(c2ccc(-c3ccc4ccccc4c3)cc2)c2ccccc2-c2ccc(-c3ccccc3N(c3ccccc3)c3cccc4ccccc34)cc2)cc1. The van der Waals surface area contributed by atoms with Crippen molar-refractivity contribution < 1.29 is 0 Å². The molecular formula is C56H40N2. The van der Waals surface area contributed by atoms with E-state index in [2.05, 4.69) is 252 Å². The van der Waals surface area contributed by atoms with Gasteiger partial charge in [-0.3, -0.25) is 0 Å². The molecule has 0 aliphatic rings. The lowest BCUT2D eigenvalue weighted by Gasteiger charge is -2.29. The highest BCUT2D eigenvalue weighted by atomic mass is 15.2. The minimum absolute atomic E-state index is 1.10. The molecule has 2 heteroatoms. The van der Waals surface area contributed by atoms with E-state index in [0.717, 1.165) is 56.4 Å². The van der Waals surface area contributed by atoms with Gasteiger partial charge in [0, 0.05) is 33.6 Å². The number of fused-ring (bicyclic) bond motifs is 2. The van der Waals surface area contributed by atoms with Crippen LogP contribution in [0.4, 0.5) is 34.1 Å². The zero-order valence-electron chi connectivity index (χ0n) is 32.0. The van der Waals surface area contributed by atoms with Crippen LogP contribution in [0.15, 0.2) is 243 Å². The van der Waals surface area contributed by atoms with E-state index in [1.54, 1.807) is 0 Å². The summed E-state index contributed by atoms with van der Waals surface area (Å²) in [5.41, 5.74) is 13.7. The number of rotatable bonds is 9. The zero-order chi connectivity index (χ0) is 38.7. The number of benzene rings is 10. The first-order chi connectivity index (χ1) is 28.8. The fourth-order valence-corrected chi connectivity index (χ4v) is 8.22. The average molecular weight is 741 g/mol. The number of hydrogen-bond acceptors (Lipinski definition) is 2. The summed E-state index contributed by atoms with van der Waals surface area (Å²) in [6.07, 6.45) is 0. The van der Waals surface area contributed by atoms with Crippen molar-refractivity contribution in [2.24, 2.45) is 0 Å². The molecule has 0 amide bonds. The van der Waals surface area contributed by atoms with Gasteiger partial charge in [0.2, 0.25) is 0 Å². The molecule has 274 valence electrons. The number of para-hydroxylation sites is 4. The van der Waals surface area contributed by atoms with Crippen molar-refractivity contribution >= 4 is 55.7 Å². The molecule has 0 unspecified atom stereocenters. The molecule has 10 aromatic carbocycles. The molecular weight excluding hydrogens is 701 g/mol. The first kappa shape index (κ1) is 34.8. The highest BCUT2D eigenvalue weighted by Gasteiger charge is 2.20. The van der Waals surface area contributed by atoms with Crippen molar-refractivity contribution in [1.29, 1.82) is 0 Å². The van der Waals surface area contributed by atoms with Crippen LogP contribution >= 0.6 is 0 Å². The van der Waals surface area contributed by atoms with Crippen LogP contribution < -0.4 is 9.80 Å². The normalized spacial score (nSPS) is 11.1. The van der Waals surface area contributed by atoms with Crippen LogP contribution in [0.5, 0.6) is 0 Å². The molecule has 2 nitrogen and oxygen atoms in total. The van der Waals surface area contributed by atoms with E-state index in [0.29, 0.717) is 0 Å². The Labute approximate surface area is 340 Å². The summed E-state index contributed by atoms with van der Waals surface area (Å²) in [6, 6.07) is 87.2. The molecule has 0 saturated carbocycles. The van der Waals surface area contributed by atoms with Crippen molar-refractivity contribution in [3.8, 4) is 33.4 Å². The second-order valence-electron chi connectivity index (χ2n) is 14.6. The second kappa shape index (κ2) is 15.5. The van der Waals surface area contributed by atoms with E-state index in [9.17, 15) is 0 Å². The van der Waals surface area contributed by atoms with E-state index >= 15 is 0 Å². The largest absolute Gasteiger partial charge is 0.310 e. The summed E-state index contributed by atoms with van der Waals surface area (Å²) >= 11 is 0. The number of nitrogens with zero attached hydrogens (tertiary/aromatic N) is 2. The molecule has 0 aromatic heterocycles. The summed E-state index contributed by atoms with van der Waals surface area (Å²) in [7, 11) is 0. The second-order valence-corrected chi connectivity index (χ2v) is 14.6. The lowest BCUT2D eigenvalue weighted by Crippen LogP contribution is -2.11. The van der Waals surface area contributed by atoms with Gasteiger partial charge in [0.05, 0.1) is 17.1 Å². The van der Waals surface area contributed by atoms with Gasteiger partial charge in [-0.25, -0.2) is 0 Å². The number of hydrogen-bond donors (Lipinski definition) is 0. The molecule has 0 aliphatic carbocycles. The van der Waals surface area contributed by atoms with Crippen molar-refractivity contribution in [1.82, 2.24) is 0 Å². The molecule has 0 saturated heterocycles. The zero-order valence-corrected chi connectivity index (χ0v) is 32.0. The minimum Gasteiger partial charge on any atom is -0.310 e. The maximum Gasteiger partial charge on any atom is 0.0540 e. The Bertz CT molecular complexity index is 2980. The van der Waals surface area contributed by atoms with Gasteiger partial charge in [-0.2, -0.15) is 0 Å². The van der Waals surface area contributed by atoms with Gasteiger partial charge in [-0.05, 0) is 99.1 Å². The molecule has 10 rings (SSSR count). The highest BCUT2D eigenvalue weighted by molar-refractivity contribution is 6.01. The Balaban J connectivity index is 1.03. The van der Waals surface area contributed by atoms with Crippen LogP contribution in [0.3, 0.4) is 0 Å². The third-order valence-electron chi connectivity index (χ3n) is 11.0. The van der Waals surface area contributed by atoms with Crippen LogP contribution in [0, 0.1) is 0 Å². The van der Waals surface area contributed by atoms with Crippen molar-refractivity contribution in [2.75, 3.05) is 9.80 Å². The molecule has 10 aromatic rings. The van der Waals surface area contributed by atoms with Gasteiger partial charge in [0.25, 0.3) is 0 Å². The molecule has 0 fully saturated rings. The standard InChI is InChI=1S/C56H40N2/c1-3-20-48(21-4-1)57(50-38-36-42(37-39-50)47-35-30-41-16-7-8-18-46(41)40-47)54-27-13-11-25-52(54)44-31-33-45(34-32-44)53-26-12-14-28-55(53)58(49-22-5-2-6-23-49)56-29-15-19-43-17-9-10-24-51(43)56/h1-40H. The first-order valence-corrected chi connectivity index (χ1v) is 19.8. The molecule has 58 heavy (non-hydrogen) atoms. The monoisotopic (exact) mass is 740 g/mol. The van der Waals surface area contributed by atoms with Gasteiger partial charge in [0.15, 0.2) is 0 Å². The Morgan fingerprint density at radius 2 is 0.655 bits per heavy atom. The van der Waals surface area contributed by atoms with Crippen molar-refractivity contribution in [3.63, 3.8) is 0 Å². The third kappa shape index (κ3) is 6.67. The topological polar surface area (TPSA) is 6.48 Å². The fourth-order valence-electron chi connectivity index (χ4n) is 8.22. The van der Waals surface area contributed by atoms with Crippen LogP contribution in [0.25, 0.3) is 54.9 Å². The Hall–Kier alpha value is -7.68. The summed E-state index contributed by atoms with van der Waals surface area (Å²) in [4.78, 5) is 4.76. The molecule has 0 radical (unpaired) electrons. The average Bonchev–Trinajstić information content (AvgIpc) is 3.30. The van der Waals surface area contributed by atoms with Crippen LogP contribution in [-0.4, -0.2) is 0 Å². The van der Waals surface area contributed by atoms with Gasteiger partial charge >= 0.3 is 0 Å². The highest BCUT2D eigenvalue weighted by Crippen LogP contribution is 2.45. The van der Waals surface area contributed by atoms with Crippen molar-refractivity contribution in [2.45, 2.75) is 0 Å². The van der Waals surface area contributed by atoms with E-state index in [4.69, 9.17) is 0 Å². The summed E-state index contributed by atoms with van der Waals surface area (Å²) in [5, 5.41) is 4.92. The Morgan fingerprint density at radius 1 is 0.224 bits per heavy atom. The third-order valence-corrected chi connectivity index (χ3v) is 11.0. The summed E-state index contributed by atoms with van der Waals surface area (Å²) < 4.78 is 0. The smallest absolute Gasteiger partial charge is 0.0540 e. The Kier molecular flexibility index (Phi) is 9.27. The van der Waals surface area contributed by atoms with Crippen LogP contribution in [-0.2, 0) is 0 Å². The van der Waals surface area contributed by atoms with Gasteiger partial charge < -0.3 is 9.80 Å². The van der Waals surface area contributed by atoms with E-state index in [1.807, 2.05) is 0 Å². The molecule has 0 N–H and O–H groups in total. The minimum atomic E-state index is 1.10. The molecule has 0 atom stereocenters. The molecule has 0 aliphatic heterocycles. The van der Waals surface area contributed by atoms with Gasteiger partial charge in [0.1, 0.15) is 0 Å². The summed E-state index contributed by atoms with van der Waals surface area (Å²) in [6.45, 7) is 0. The maximum atomic E-state index is 2.39. The quantitative estimate of drug-likeness (QED) is 0.145. The van der Waals surface area contributed by atoms with E-state index in [1.165, 1.54) is 32.7 Å². The molecule has 0 heterocycles. The lowest BCUT2D eigenvalue weighted by molar-refractivity contribution is 1.28. The van der Waals surface area contributed by atoms with Gasteiger partial charge in [-0.15, -0.1) is 0 Å². The van der Waals surface area contributed by atoms with Crippen molar-refractivity contribution in [3.05, 3.63) is 243 Å². The molecule has 0 bridgehead atoms. The van der Waals surface area contributed by atoms with Crippen LogP contribution in [0.2, 0.25) is 0 Å². The Morgan fingerprint density at radius 3 is 1.31 bits per heavy atom. The summed E-state index contributed by atoms with van der Waals surface area (Å²) in [5.74, 6) is 0. The maximum absolute atomic E-state index is 2.39. The predicted octanol–water partition coefficient (Wildman–Crippen LogP) is 15.9. The fraction of sp³-hybridized carbons (Fsp3) is 0. The lowest BCUT2D eigenvalue weighted by atomic mass is 9.96. The van der Waals surface area contributed by atoms with Gasteiger partial charge in [-0.1, -0.05) is 182 Å².